The Bertz CT molecular complexity index is 578. The topological polar surface area (TPSA) is 54.3 Å². The summed E-state index contributed by atoms with van der Waals surface area (Å²) in [5.41, 5.74) is -0.143. The zero-order valence-electron chi connectivity index (χ0n) is 11.6. The Hall–Kier alpha value is -0.850. The predicted molar refractivity (Wildman–Crippen MR) is 86.8 cm³/mol. The second-order valence-corrected chi connectivity index (χ2v) is 6.50. The fraction of sp³-hybridized carbons (Fsp3) is 0.571. The lowest BCUT2D eigenvalue weighted by Crippen LogP contribution is -2.41. The molecule has 3 rings (SSSR count). The van der Waals surface area contributed by atoms with E-state index < -0.39 is 0 Å². The lowest BCUT2D eigenvalue weighted by Gasteiger charge is -2.24. The summed E-state index contributed by atoms with van der Waals surface area (Å²) in [7, 11) is 0. The summed E-state index contributed by atoms with van der Waals surface area (Å²) in [6, 6.07) is 4.15. The third-order valence-electron chi connectivity index (χ3n) is 4.13. The second-order valence-electron chi connectivity index (χ2n) is 5.58. The third kappa shape index (κ3) is 3.87. The van der Waals surface area contributed by atoms with E-state index in [2.05, 4.69) is 21.2 Å². The maximum absolute atomic E-state index is 12.4. The summed E-state index contributed by atoms with van der Waals surface area (Å²) in [5.74, 6) is 0.0274. The molecule has 0 radical (unpaired) electrons. The Morgan fingerprint density at radius 2 is 2.05 bits per heavy atom. The molecule has 7 heteroatoms. The number of rotatable bonds is 2. The van der Waals surface area contributed by atoms with Gasteiger partial charge in [0.1, 0.15) is 6.54 Å². The molecule has 3 heterocycles. The van der Waals surface area contributed by atoms with Crippen molar-refractivity contribution in [3.8, 4) is 0 Å². The quantitative estimate of drug-likeness (QED) is 0.848. The van der Waals surface area contributed by atoms with Gasteiger partial charge in [0.15, 0.2) is 0 Å². The SMILES string of the molecule is Cl.O=C(Cn1cc(Br)ccc1=O)N1CCC2CCC(C1)N2. The molecule has 116 valence electrons. The Labute approximate surface area is 138 Å². The van der Waals surface area contributed by atoms with Crippen LogP contribution in [0.25, 0.3) is 0 Å². The molecule has 2 bridgehead atoms. The number of amides is 1. The number of nitrogens with one attached hydrogen (secondary N) is 1. The largest absolute Gasteiger partial charge is 0.340 e. The average Bonchev–Trinajstić information content (AvgIpc) is 2.73. The molecule has 1 N–H and O–H groups in total. The van der Waals surface area contributed by atoms with E-state index in [1.807, 2.05) is 4.90 Å². The van der Waals surface area contributed by atoms with Gasteiger partial charge in [0.2, 0.25) is 5.91 Å². The number of nitrogens with zero attached hydrogens (tertiary/aromatic N) is 2. The van der Waals surface area contributed by atoms with E-state index in [1.54, 1.807) is 12.3 Å². The summed E-state index contributed by atoms with van der Waals surface area (Å²) >= 11 is 3.33. The van der Waals surface area contributed by atoms with Crippen LogP contribution in [-0.2, 0) is 11.3 Å². The van der Waals surface area contributed by atoms with E-state index in [0.717, 1.165) is 30.4 Å². The van der Waals surface area contributed by atoms with Crippen molar-refractivity contribution in [3.63, 3.8) is 0 Å². The Morgan fingerprint density at radius 3 is 2.86 bits per heavy atom. The fourth-order valence-corrected chi connectivity index (χ4v) is 3.42. The summed E-state index contributed by atoms with van der Waals surface area (Å²) in [6.45, 7) is 1.67. The number of hydrogen-bond acceptors (Lipinski definition) is 3. The molecule has 0 saturated carbocycles. The van der Waals surface area contributed by atoms with Crippen LogP contribution in [0.15, 0.2) is 27.6 Å². The number of pyridine rings is 1. The first-order chi connectivity index (χ1) is 9.61. The van der Waals surface area contributed by atoms with Gasteiger partial charge >= 0.3 is 0 Å². The minimum absolute atomic E-state index is 0. The molecular weight excluding hydrogens is 358 g/mol. The minimum Gasteiger partial charge on any atom is -0.340 e. The van der Waals surface area contributed by atoms with Crippen LogP contribution < -0.4 is 10.9 Å². The highest BCUT2D eigenvalue weighted by Gasteiger charge is 2.31. The van der Waals surface area contributed by atoms with Gasteiger partial charge in [-0.2, -0.15) is 0 Å². The lowest BCUT2D eigenvalue weighted by atomic mass is 10.1. The lowest BCUT2D eigenvalue weighted by molar-refractivity contribution is -0.132. The third-order valence-corrected chi connectivity index (χ3v) is 4.60. The first kappa shape index (κ1) is 16.5. The van der Waals surface area contributed by atoms with Gasteiger partial charge in [0.25, 0.3) is 5.56 Å². The smallest absolute Gasteiger partial charge is 0.251 e. The monoisotopic (exact) mass is 375 g/mol. The van der Waals surface area contributed by atoms with Crippen molar-refractivity contribution in [2.75, 3.05) is 13.1 Å². The molecule has 0 aromatic carbocycles. The summed E-state index contributed by atoms with van der Waals surface area (Å²) in [4.78, 5) is 26.0. The van der Waals surface area contributed by atoms with Crippen molar-refractivity contribution >= 4 is 34.2 Å². The normalized spacial score (nSPS) is 24.3. The van der Waals surface area contributed by atoms with Gasteiger partial charge in [0, 0.05) is 41.9 Å². The Kier molecular flexibility index (Phi) is 5.46. The minimum atomic E-state index is -0.143. The van der Waals surface area contributed by atoms with Crippen LogP contribution in [-0.4, -0.2) is 40.5 Å². The first-order valence-corrected chi connectivity index (χ1v) is 7.81. The first-order valence-electron chi connectivity index (χ1n) is 7.01. The Morgan fingerprint density at radius 1 is 1.29 bits per heavy atom. The average molecular weight is 377 g/mol. The number of likely N-dealkylation sites (tertiary alicyclic amines) is 1. The molecule has 0 aliphatic carbocycles. The number of aromatic nitrogens is 1. The number of carbonyl (C=O) groups excluding carboxylic acids is 1. The summed E-state index contributed by atoms with van der Waals surface area (Å²) < 4.78 is 2.27. The van der Waals surface area contributed by atoms with E-state index in [1.165, 1.54) is 17.1 Å². The van der Waals surface area contributed by atoms with Gasteiger partial charge in [-0.25, -0.2) is 0 Å². The number of halogens is 2. The standard InChI is InChI=1S/C14H18BrN3O2.ClH/c15-10-1-4-13(19)18(7-10)9-14(20)17-6-5-11-2-3-12(8-17)16-11;/h1,4,7,11-12,16H,2-3,5-6,8-9H2;1H. The van der Waals surface area contributed by atoms with Gasteiger partial charge in [0.05, 0.1) is 0 Å². The van der Waals surface area contributed by atoms with Crippen LogP contribution in [0.1, 0.15) is 19.3 Å². The van der Waals surface area contributed by atoms with Gasteiger partial charge in [-0.3, -0.25) is 9.59 Å². The van der Waals surface area contributed by atoms with Crippen molar-refractivity contribution in [2.24, 2.45) is 0 Å². The van der Waals surface area contributed by atoms with Crippen molar-refractivity contribution < 1.29 is 4.79 Å². The summed E-state index contributed by atoms with van der Waals surface area (Å²) in [5, 5.41) is 3.55. The van der Waals surface area contributed by atoms with E-state index in [9.17, 15) is 9.59 Å². The molecule has 2 saturated heterocycles. The molecule has 2 atom stereocenters. The number of carbonyl (C=O) groups is 1. The maximum atomic E-state index is 12.4. The van der Waals surface area contributed by atoms with Crippen LogP contribution in [0.4, 0.5) is 0 Å². The molecule has 0 spiro atoms. The van der Waals surface area contributed by atoms with Gasteiger partial charge in [-0.05, 0) is 41.3 Å². The van der Waals surface area contributed by atoms with Crippen LogP contribution in [0.3, 0.4) is 0 Å². The highest BCUT2D eigenvalue weighted by atomic mass is 79.9. The molecule has 1 aromatic rings. The van der Waals surface area contributed by atoms with Crippen LogP contribution in [0.5, 0.6) is 0 Å². The summed E-state index contributed by atoms with van der Waals surface area (Å²) in [6.07, 6.45) is 5.04. The van der Waals surface area contributed by atoms with E-state index >= 15 is 0 Å². The molecule has 1 aromatic heterocycles. The van der Waals surface area contributed by atoms with Crippen LogP contribution in [0.2, 0.25) is 0 Å². The van der Waals surface area contributed by atoms with Crippen molar-refractivity contribution in [1.29, 1.82) is 0 Å². The van der Waals surface area contributed by atoms with Crippen molar-refractivity contribution in [1.82, 2.24) is 14.8 Å². The fourth-order valence-electron chi connectivity index (χ4n) is 3.04. The van der Waals surface area contributed by atoms with Gasteiger partial charge in [-0.1, -0.05) is 0 Å². The van der Waals surface area contributed by atoms with Crippen molar-refractivity contribution in [2.45, 2.75) is 37.9 Å². The Balaban J connectivity index is 0.00000161. The second kappa shape index (κ2) is 6.94. The highest BCUT2D eigenvalue weighted by Crippen LogP contribution is 2.20. The van der Waals surface area contributed by atoms with E-state index in [-0.39, 0.29) is 30.4 Å². The zero-order chi connectivity index (χ0) is 14.1. The maximum Gasteiger partial charge on any atom is 0.251 e. The molecule has 21 heavy (non-hydrogen) atoms. The van der Waals surface area contributed by atoms with Gasteiger partial charge < -0.3 is 14.8 Å². The zero-order valence-corrected chi connectivity index (χ0v) is 14.0. The molecule has 2 fully saturated rings. The van der Waals surface area contributed by atoms with Crippen LogP contribution >= 0.6 is 28.3 Å². The van der Waals surface area contributed by atoms with Crippen LogP contribution in [0, 0.1) is 0 Å². The number of fused-ring (bicyclic) bond motifs is 2. The molecule has 2 aliphatic rings. The molecule has 5 nitrogen and oxygen atoms in total. The van der Waals surface area contributed by atoms with Crippen molar-refractivity contribution in [3.05, 3.63) is 33.2 Å². The van der Waals surface area contributed by atoms with E-state index in [4.69, 9.17) is 0 Å². The molecule has 2 unspecified atom stereocenters. The van der Waals surface area contributed by atoms with Gasteiger partial charge in [-0.15, -0.1) is 12.4 Å². The molecule has 2 aliphatic heterocycles. The number of hydrogen-bond donors (Lipinski definition) is 1. The highest BCUT2D eigenvalue weighted by molar-refractivity contribution is 9.10. The van der Waals surface area contributed by atoms with E-state index in [0.29, 0.717) is 12.1 Å². The predicted octanol–water partition coefficient (Wildman–Crippen LogP) is 1.39. The molecular formula is C14H19BrClN3O2. The molecule has 1 amide bonds.